The molecule has 0 spiro atoms. The van der Waals surface area contributed by atoms with Gasteiger partial charge in [-0.2, -0.15) is 0 Å². The second-order valence-electron chi connectivity index (χ2n) is 6.77. The molecule has 0 bridgehead atoms. The minimum absolute atomic E-state index is 0.127. The Morgan fingerprint density at radius 1 is 1.20 bits per heavy atom. The van der Waals surface area contributed by atoms with Gasteiger partial charge in [0.05, 0.1) is 13.2 Å². The second-order valence-corrected chi connectivity index (χ2v) is 8.73. The summed E-state index contributed by atoms with van der Waals surface area (Å²) in [5.74, 6) is -0.185. The van der Waals surface area contributed by atoms with Crippen molar-refractivity contribution in [1.82, 2.24) is 4.72 Å². The van der Waals surface area contributed by atoms with E-state index in [9.17, 15) is 13.2 Å². The molecule has 1 saturated carbocycles. The van der Waals surface area contributed by atoms with Gasteiger partial charge >= 0.3 is 0 Å². The number of rotatable bonds is 7. The Morgan fingerprint density at radius 3 is 2.56 bits per heavy atom. The first kappa shape index (κ1) is 18.4. The lowest BCUT2D eigenvalue weighted by Gasteiger charge is -2.21. The molecule has 1 aromatic carbocycles. The summed E-state index contributed by atoms with van der Waals surface area (Å²) in [6.45, 7) is 1.00. The molecule has 138 valence electrons. The SMILES string of the molecule is O=C(NS(=O)(=O)C1CCOC1)C(OCC1CCCC1)c1ccccc1. The van der Waals surface area contributed by atoms with Crippen LogP contribution in [0.1, 0.15) is 43.8 Å². The maximum absolute atomic E-state index is 12.7. The predicted octanol–water partition coefficient (Wildman–Crippen LogP) is 2.17. The first-order valence-electron chi connectivity index (χ1n) is 8.86. The summed E-state index contributed by atoms with van der Waals surface area (Å²) >= 11 is 0. The fourth-order valence-electron chi connectivity index (χ4n) is 3.40. The Bertz CT molecular complexity index is 664. The van der Waals surface area contributed by atoms with Crippen molar-refractivity contribution in [2.24, 2.45) is 5.92 Å². The van der Waals surface area contributed by atoms with E-state index < -0.39 is 27.3 Å². The second kappa shape index (κ2) is 8.29. The van der Waals surface area contributed by atoms with Crippen molar-refractivity contribution in [2.45, 2.75) is 43.5 Å². The molecule has 1 aliphatic carbocycles. The number of carbonyl (C=O) groups is 1. The van der Waals surface area contributed by atoms with Crippen LogP contribution < -0.4 is 4.72 Å². The molecule has 1 aliphatic heterocycles. The van der Waals surface area contributed by atoms with Gasteiger partial charge in [0.2, 0.25) is 10.0 Å². The first-order valence-corrected chi connectivity index (χ1v) is 10.4. The molecular formula is C18H25NO5S. The molecule has 25 heavy (non-hydrogen) atoms. The summed E-state index contributed by atoms with van der Waals surface area (Å²) in [5, 5.41) is -0.678. The Labute approximate surface area is 148 Å². The van der Waals surface area contributed by atoms with E-state index in [2.05, 4.69) is 4.72 Å². The number of hydrogen-bond acceptors (Lipinski definition) is 5. The normalized spacial score (nSPS) is 22.8. The Morgan fingerprint density at radius 2 is 1.92 bits per heavy atom. The number of hydrogen-bond donors (Lipinski definition) is 1. The summed E-state index contributed by atoms with van der Waals surface area (Å²) in [6, 6.07) is 9.04. The van der Waals surface area contributed by atoms with Gasteiger partial charge in [-0.1, -0.05) is 43.2 Å². The lowest BCUT2D eigenvalue weighted by molar-refractivity contribution is -0.132. The Hall–Kier alpha value is -1.44. The zero-order valence-electron chi connectivity index (χ0n) is 14.2. The standard InChI is InChI=1S/C18H25NO5S/c20-18(19-25(21,22)16-10-11-23-13-16)17(15-8-2-1-3-9-15)24-12-14-6-4-5-7-14/h1-3,8-9,14,16-17H,4-7,10-13H2,(H,19,20). The monoisotopic (exact) mass is 367 g/mol. The van der Waals surface area contributed by atoms with E-state index in [0.29, 0.717) is 31.1 Å². The third-order valence-electron chi connectivity index (χ3n) is 4.88. The van der Waals surface area contributed by atoms with E-state index in [1.807, 2.05) is 18.2 Å². The van der Waals surface area contributed by atoms with Crippen LogP contribution in [0, 0.1) is 5.92 Å². The molecule has 0 radical (unpaired) electrons. The fourth-order valence-corrected chi connectivity index (χ4v) is 4.63. The van der Waals surface area contributed by atoms with Crippen molar-refractivity contribution < 1.29 is 22.7 Å². The molecular weight excluding hydrogens is 342 g/mol. The van der Waals surface area contributed by atoms with Crippen LogP contribution in [0.2, 0.25) is 0 Å². The van der Waals surface area contributed by atoms with Crippen LogP contribution in [0.3, 0.4) is 0 Å². The maximum atomic E-state index is 12.7. The maximum Gasteiger partial charge on any atom is 0.267 e. The molecule has 2 unspecified atom stereocenters. The molecule has 7 heteroatoms. The van der Waals surface area contributed by atoms with Gasteiger partial charge in [0, 0.05) is 6.61 Å². The van der Waals surface area contributed by atoms with Crippen LogP contribution in [-0.2, 0) is 24.3 Å². The fraction of sp³-hybridized carbons (Fsp3) is 0.611. The van der Waals surface area contributed by atoms with E-state index in [0.717, 1.165) is 12.8 Å². The van der Waals surface area contributed by atoms with Crippen LogP contribution in [-0.4, -0.2) is 39.4 Å². The van der Waals surface area contributed by atoms with E-state index in [4.69, 9.17) is 9.47 Å². The molecule has 2 atom stereocenters. The number of ether oxygens (including phenoxy) is 2. The molecule has 1 heterocycles. The third kappa shape index (κ3) is 4.80. The van der Waals surface area contributed by atoms with Gasteiger partial charge in [0.25, 0.3) is 5.91 Å². The number of sulfonamides is 1. The highest BCUT2D eigenvalue weighted by atomic mass is 32.2. The van der Waals surface area contributed by atoms with Gasteiger partial charge in [-0.25, -0.2) is 8.42 Å². The Balaban J connectivity index is 1.69. The van der Waals surface area contributed by atoms with E-state index >= 15 is 0 Å². The third-order valence-corrected chi connectivity index (χ3v) is 6.62. The molecule has 3 rings (SSSR count). The van der Waals surface area contributed by atoms with E-state index in [-0.39, 0.29) is 6.61 Å². The van der Waals surface area contributed by atoms with Crippen molar-refractivity contribution in [2.75, 3.05) is 19.8 Å². The van der Waals surface area contributed by atoms with Gasteiger partial charge < -0.3 is 9.47 Å². The van der Waals surface area contributed by atoms with Crippen LogP contribution in [0.25, 0.3) is 0 Å². The molecule has 1 N–H and O–H groups in total. The quantitative estimate of drug-likeness (QED) is 0.799. The average Bonchev–Trinajstić information content (AvgIpc) is 3.30. The predicted molar refractivity (Wildman–Crippen MR) is 93.4 cm³/mol. The van der Waals surface area contributed by atoms with Crippen molar-refractivity contribution in [3.05, 3.63) is 35.9 Å². The highest BCUT2D eigenvalue weighted by Crippen LogP contribution is 2.27. The van der Waals surface area contributed by atoms with Crippen LogP contribution in [0.15, 0.2) is 30.3 Å². The highest BCUT2D eigenvalue weighted by molar-refractivity contribution is 7.90. The summed E-state index contributed by atoms with van der Waals surface area (Å²) in [7, 11) is -3.75. The first-order chi connectivity index (χ1) is 12.1. The van der Waals surface area contributed by atoms with Gasteiger partial charge in [0.15, 0.2) is 6.10 Å². The van der Waals surface area contributed by atoms with Crippen molar-refractivity contribution in [1.29, 1.82) is 0 Å². The zero-order chi connectivity index (χ0) is 17.7. The minimum Gasteiger partial charge on any atom is -0.380 e. The molecule has 2 fully saturated rings. The van der Waals surface area contributed by atoms with Crippen LogP contribution >= 0.6 is 0 Å². The zero-order valence-corrected chi connectivity index (χ0v) is 15.0. The topological polar surface area (TPSA) is 81.7 Å². The number of carbonyl (C=O) groups excluding carboxylic acids is 1. The van der Waals surface area contributed by atoms with Gasteiger partial charge in [-0.3, -0.25) is 9.52 Å². The minimum atomic E-state index is -3.75. The van der Waals surface area contributed by atoms with E-state index in [1.54, 1.807) is 12.1 Å². The summed E-state index contributed by atoms with van der Waals surface area (Å²) in [5.41, 5.74) is 0.663. The lowest BCUT2D eigenvalue weighted by atomic mass is 10.1. The molecule has 0 aromatic heterocycles. The number of benzene rings is 1. The Kier molecular flexibility index (Phi) is 6.09. The summed E-state index contributed by atoms with van der Waals surface area (Å²) in [4.78, 5) is 12.7. The molecule has 1 amide bonds. The lowest BCUT2D eigenvalue weighted by Crippen LogP contribution is -2.41. The van der Waals surface area contributed by atoms with Crippen molar-refractivity contribution >= 4 is 15.9 Å². The van der Waals surface area contributed by atoms with Crippen molar-refractivity contribution in [3.63, 3.8) is 0 Å². The van der Waals surface area contributed by atoms with E-state index in [1.165, 1.54) is 12.8 Å². The van der Waals surface area contributed by atoms with Gasteiger partial charge in [-0.05, 0) is 30.7 Å². The number of amides is 1. The van der Waals surface area contributed by atoms with Gasteiger partial charge in [-0.15, -0.1) is 0 Å². The van der Waals surface area contributed by atoms with Crippen LogP contribution in [0.4, 0.5) is 0 Å². The molecule has 1 aromatic rings. The van der Waals surface area contributed by atoms with Crippen LogP contribution in [0.5, 0.6) is 0 Å². The van der Waals surface area contributed by atoms with Gasteiger partial charge in [0.1, 0.15) is 5.25 Å². The smallest absolute Gasteiger partial charge is 0.267 e. The van der Waals surface area contributed by atoms with Crippen molar-refractivity contribution in [3.8, 4) is 0 Å². The highest BCUT2D eigenvalue weighted by Gasteiger charge is 2.34. The average molecular weight is 367 g/mol. The summed E-state index contributed by atoms with van der Waals surface area (Å²) < 4.78 is 37.9. The summed E-state index contributed by atoms with van der Waals surface area (Å²) in [6.07, 6.45) is 4.06. The molecule has 6 nitrogen and oxygen atoms in total. The number of nitrogens with one attached hydrogen (secondary N) is 1. The molecule has 2 aliphatic rings. The largest absolute Gasteiger partial charge is 0.380 e. The molecule has 1 saturated heterocycles.